The molecule has 0 atom stereocenters. The highest BCUT2D eigenvalue weighted by Gasteiger charge is 1.99. The zero-order chi connectivity index (χ0) is 12.7. The summed E-state index contributed by atoms with van der Waals surface area (Å²) in [6, 6.07) is 4.76. The second-order valence-corrected chi connectivity index (χ2v) is 4.68. The SMILES string of the molecule is Cc1ccc(F)cc1NCCOCCC(C)C. The van der Waals surface area contributed by atoms with Gasteiger partial charge in [-0.15, -0.1) is 0 Å². The molecule has 1 N–H and O–H groups in total. The zero-order valence-electron chi connectivity index (χ0n) is 10.9. The molecule has 0 aliphatic carbocycles. The highest BCUT2D eigenvalue weighted by molar-refractivity contribution is 5.50. The number of hydrogen-bond donors (Lipinski definition) is 1. The second-order valence-electron chi connectivity index (χ2n) is 4.68. The van der Waals surface area contributed by atoms with Crippen LogP contribution in [0.1, 0.15) is 25.8 Å². The number of aryl methyl sites for hydroxylation is 1. The summed E-state index contributed by atoms with van der Waals surface area (Å²) in [5, 5.41) is 3.18. The summed E-state index contributed by atoms with van der Waals surface area (Å²) in [6.45, 7) is 8.48. The third-order valence-electron chi connectivity index (χ3n) is 2.60. The molecular formula is C14H22FNO. The lowest BCUT2D eigenvalue weighted by molar-refractivity contribution is 0.132. The summed E-state index contributed by atoms with van der Waals surface area (Å²) in [5.41, 5.74) is 1.89. The summed E-state index contributed by atoms with van der Waals surface area (Å²) in [7, 11) is 0. The van der Waals surface area contributed by atoms with Crippen molar-refractivity contribution in [1.82, 2.24) is 0 Å². The number of nitrogens with one attached hydrogen (secondary N) is 1. The lowest BCUT2D eigenvalue weighted by atomic mass is 10.1. The fourth-order valence-electron chi connectivity index (χ4n) is 1.46. The van der Waals surface area contributed by atoms with Crippen molar-refractivity contribution in [3.05, 3.63) is 29.6 Å². The minimum Gasteiger partial charge on any atom is -0.382 e. The molecule has 1 aromatic rings. The maximum atomic E-state index is 13.0. The molecule has 0 aromatic heterocycles. The summed E-state index contributed by atoms with van der Waals surface area (Å²) < 4.78 is 18.5. The van der Waals surface area contributed by atoms with Gasteiger partial charge in [0, 0.05) is 18.8 Å². The molecule has 0 bridgehead atoms. The van der Waals surface area contributed by atoms with Crippen molar-refractivity contribution in [3.63, 3.8) is 0 Å². The first-order valence-corrected chi connectivity index (χ1v) is 6.17. The highest BCUT2D eigenvalue weighted by atomic mass is 19.1. The molecule has 0 aliphatic rings. The number of hydrogen-bond acceptors (Lipinski definition) is 2. The van der Waals surface area contributed by atoms with Crippen molar-refractivity contribution in [2.24, 2.45) is 5.92 Å². The van der Waals surface area contributed by atoms with Crippen LogP contribution >= 0.6 is 0 Å². The maximum absolute atomic E-state index is 13.0. The van der Waals surface area contributed by atoms with Crippen LogP contribution in [0.5, 0.6) is 0 Å². The number of rotatable bonds is 7. The van der Waals surface area contributed by atoms with Crippen molar-refractivity contribution >= 4 is 5.69 Å². The molecule has 0 unspecified atom stereocenters. The highest BCUT2D eigenvalue weighted by Crippen LogP contribution is 2.15. The Bertz CT molecular complexity index is 339. The van der Waals surface area contributed by atoms with Gasteiger partial charge in [-0.25, -0.2) is 4.39 Å². The molecule has 2 nitrogen and oxygen atoms in total. The number of ether oxygens (including phenoxy) is 1. The van der Waals surface area contributed by atoms with Crippen molar-refractivity contribution in [2.45, 2.75) is 27.2 Å². The fraction of sp³-hybridized carbons (Fsp3) is 0.571. The van der Waals surface area contributed by atoms with Crippen LogP contribution in [0.4, 0.5) is 10.1 Å². The van der Waals surface area contributed by atoms with Crippen LogP contribution in [0.3, 0.4) is 0 Å². The van der Waals surface area contributed by atoms with Gasteiger partial charge in [-0.3, -0.25) is 0 Å². The summed E-state index contributed by atoms with van der Waals surface area (Å²) in [6.07, 6.45) is 1.08. The molecule has 1 rings (SSSR count). The van der Waals surface area contributed by atoms with Crippen LogP contribution in [0.15, 0.2) is 18.2 Å². The van der Waals surface area contributed by atoms with Gasteiger partial charge in [0.25, 0.3) is 0 Å². The zero-order valence-corrected chi connectivity index (χ0v) is 10.9. The van der Waals surface area contributed by atoms with Crippen LogP contribution < -0.4 is 5.32 Å². The average molecular weight is 239 g/mol. The Morgan fingerprint density at radius 1 is 1.29 bits per heavy atom. The van der Waals surface area contributed by atoms with E-state index in [4.69, 9.17) is 4.74 Å². The van der Waals surface area contributed by atoms with E-state index in [1.165, 1.54) is 12.1 Å². The molecular weight excluding hydrogens is 217 g/mol. The van der Waals surface area contributed by atoms with Gasteiger partial charge in [-0.05, 0) is 37.0 Å². The molecule has 0 aliphatic heterocycles. The van der Waals surface area contributed by atoms with E-state index in [1.54, 1.807) is 6.07 Å². The Morgan fingerprint density at radius 2 is 2.06 bits per heavy atom. The molecule has 0 heterocycles. The first-order chi connectivity index (χ1) is 8.09. The van der Waals surface area contributed by atoms with E-state index in [-0.39, 0.29) is 5.82 Å². The van der Waals surface area contributed by atoms with Crippen molar-refractivity contribution in [2.75, 3.05) is 25.1 Å². The predicted molar refractivity (Wildman–Crippen MR) is 69.9 cm³/mol. The van der Waals surface area contributed by atoms with Gasteiger partial charge >= 0.3 is 0 Å². The Hall–Kier alpha value is -1.09. The Morgan fingerprint density at radius 3 is 2.76 bits per heavy atom. The fourth-order valence-corrected chi connectivity index (χ4v) is 1.46. The second kappa shape index (κ2) is 7.28. The van der Waals surface area contributed by atoms with E-state index in [9.17, 15) is 4.39 Å². The van der Waals surface area contributed by atoms with Gasteiger partial charge in [-0.2, -0.15) is 0 Å². The van der Waals surface area contributed by atoms with Gasteiger partial charge in [-0.1, -0.05) is 19.9 Å². The molecule has 0 radical (unpaired) electrons. The van der Waals surface area contributed by atoms with Crippen LogP contribution in [0, 0.1) is 18.7 Å². The Kier molecular flexibility index (Phi) is 5.98. The average Bonchev–Trinajstić information content (AvgIpc) is 2.27. The quantitative estimate of drug-likeness (QED) is 0.734. The first-order valence-electron chi connectivity index (χ1n) is 6.17. The van der Waals surface area contributed by atoms with E-state index in [2.05, 4.69) is 19.2 Å². The third kappa shape index (κ3) is 5.68. The van der Waals surface area contributed by atoms with Crippen LogP contribution in [-0.4, -0.2) is 19.8 Å². The van der Waals surface area contributed by atoms with Crippen LogP contribution in [-0.2, 0) is 4.74 Å². The standard InChI is InChI=1S/C14H22FNO/c1-11(2)6-8-17-9-7-16-14-10-13(15)5-4-12(14)3/h4-5,10-11,16H,6-9H2,1-3H3. The lowest BCUT2D eigenvalue weighted by Crippen LogP contribution is -2.11. The van der Waals surface area contributed by atoms with E-state index in [1.807, 2.05) is 6.92 Å². The number of halogens is 1. The summed E-state index contributed by atoms with van der Waals surface area (Å²) in [5.74, 6) is 0.465. The molecule has 0 saturated heterocycles. The molecule has 96 valence electrons. The van der Waals surface area contributed by atoms with Gasteiger partial charge in [0.1, 0.15) is 5.82 Å². The minimum atomic E-state index is -0.209. The summed E-state index contributed by atoms with van der Waals surface area (Å²) in [4.78, 5) is 0. The lowest BCUT2D eigenvalue weighted by Gasteiger charge is -2.10. The Labute approximate surface area is 103 Å². The third-order valence-corrected chi connectivity index (χ3v) is 2.60. The first kappa shape index (κ1) is 14.0. The monoisotopic (exact) mass is 239 g/mol. The molecule has 0 saturated carbocycles. The van der Waals surface area contributed by atoms with E-state index in [0.29, 0.717) is 19.1 Å². The number of anilines is 1. The normalized spacial score (nSPS) is 10.9. The molecule has 1 aromatic carbocycles. The maximum Gasteiger partial charge on any atom is 0.125 e. The van der Waals surface area contributed by atoms with Gasteiger partial charge in [0.15, 0.2) is 0 Å². The van der Waals surface area contributed by atoms with E-state index >= 15 is 0 Å². The molecule has 0 amide bonds. The van der Waals surface area contributed by atoms with Gasteiger partial charge in [0.2, 0.25) is 0 Å². The van der Waals surface area contributed by atoms with E-state index in [0.717, 1.165) is 24.3 Å². The largest absolute Gasteiger partial charge is 0.382 e. The van der Waals surface area contributed by atoms with Crippen molar-refractivity contribution < 1.29 is 9.13 Å². The number of benzene rings is 1. The van der Waals surface area contributed by atoms with E-state index < -0.39 is 0 Å². The van der Waals surface area contributed by atoms with Crippen LogP contribution in [0.25, 0.3) is 0 Å². The van der Waals surface area contributed by atoms with Crippen molar-refractivity contribution in [3.8, 4) is 0 Å². The van der Waals surface area contributed by atoms with Crippen LogP contribution in [0.2, 0.25) is 0 Å². The molecule has 3 heteroatoms. The predicted octanol–water partition coefficient (Wildman–Crippen LogP) is 3.61. The van der Waals surface area contributed by atoms with Gasteiger partial charge < -0.3 is 10.1 Å². The molecule has 17 heavy (non-hydrogen) atoms. The Balaban J connectivity index is 2.20. The minimum absolute atomic E-state index is 0.209. The summed E-state index contributed by atoms with van der Waals surface area (Å²) >= 11 is 0. The molecule has 0 spiro atoms. The van der Waals surface area contributed by atoms with Gasteiger partial charge in [0.05, 0.1) is 6.61 Å². The topological polar surface area (TPSA) is 21.3 Å². The molecule has 0 fully saturated rings. The van der Waals surface area contributed by atoms with Crippen molar-refractivity contribution in [1.29, 1.82) is 0 Å². The smallest absolute Gasteiger partial charge is 0.125 e.